The molecule has 3 aliphatic carbocycles. The summed E-state index contributed by atoms with van der Waals surface area (Å²) in [4.78, 5) is 0. The van der Waals surface area contributed by atoms with Crippen LogP contribution in [0.5, 0.6) is 0 Å². The number of benzene rings is 3. The summed E-state index contributed by atoms with van der Waals surface area (Å²) in [6.07, 6.45) is 22.5. The molecule has 5 heteroatoms. The molecule has 216 valence electrons. The first kappa shape index (κ1) is 34.7. The van der Waals surface area contributed by atoms with Gasteiger partial charge in [-0.1, -0.05) is 146 Å². The molecule has 0 heterocycles. The molecule has 0 aromatic heterocycles. The van der Waals surface area contributed by atoms with Gasteiger partial charge >= 0.3 is 26.2 Å². The Morgan fingerprint density at radius 1 is 0.738 bits per heavy atom. The summed E-state index contributed by atoms with van der Waals surface area (Å²) in [5, 5.41) is 3.93. The van der Waals surface area contributed by atoms with Crippen LogP contribution < -0.4 is 40.4 Å². The third kappa shape index (κ3) is 6.82. The average molecular weight is 691 g/mol. The molecule has 42 heavy (non-hydrogen) atoms. The zero-order chi connectivity index (χ0) is 26.5. The maximum atomic E-state index is 7.29. The molecule has 0 amide bonds. The molecule has 1 nitrogen and oxygen atoms in total. The van der Waals surface area contributed by atoms with E-state index in [4.69, 9.17) is 4.43 Å². The van der Waals surface area contributed by atoms with Crippen molar-refractivity contribution >= 4 is 23.9 Å². The van der Waals surface area contributed by atoms with Crippen LogP contribution in [0.3, 0.4) is 0 Å². The standard InChI is InChI=1S/C37H40OSi.2ClH.Zr/c1-37(31-17-12-13-18-31,36-27-26-30-16-11-14-25-35(30)36)28-15-29-38-39(32-19-5-2-6-20-32,33-21-7-3-8-22-33)34-23-9-4-10-24-34;;;/h2-14,16-17,19-25,30,35-36H,15,18,26-29H2,1H3;2*1H;/q;;;+2/p-2. The minimum atomic E-state index is -2.66. The van der Waals surface area contributed by atoms with Gasteiger partial charge in [-0.3, -0.25) is 0 Å². The van der Waals surface area contributed by atoms with Crippen molar-refractivity contribution in [3.05, 3.63) is 139 Å². The minimum Gasteiger partial charge on any atom is -1.00 e. The molecule has 4 atom stereocenters. The van der Waals surface area contributed by atoms with Crippen LogP contribution in [-0.2, 0) is 30.6 Å². The van der Waals surface area contributed by atoms with Crippen LogP contribution in [0.15, 0.2) is 139 Å². The Balaban J connectivity index is 0.00000161. The third-order valence-electron chi connectivity index (χ3n) is 9.60. The van der Waals surface area contributed by atoms with Crippen molar-refractivity contribution in [1.29, 1.82) is 0 Å². The normalized spacial score (nSPS) is 21.7. The van der Waals surface area contributed by atoms with Crippen LogP contribution in [0.4, 0.5) is 0 Å². The Kier molecular flexibility index (Phi) is 13.1. The molecule has 1 fully saturated rings. The molecule has 0 saturated heterocycles. The second-order valence-corrected chi connectivity index (χ2v) is 15.1. The molecule has 3 aromatic rings. The van der Waals surface area contributed by atoms with Crippen molar-refractivity contribution in [2.24, 2.45) is 23.2 Å². The first-order valence-corrected chi connectivity index (χ1v) is 16.6. The van der Waals surface area contributed by atoms with Crippen LogP contribution in [0, 0.1) is 23.2 Å². The van der Waals surface area contributed by atoms with E-state index in [0.29, 0.717) is 17.8 Å². The first-order chi connectivity index (χ1) is 19.2. The summed E-state index contributed by atoms with van der Waals surface area (Å²) in [5.41, 5.74) is 1.81. The number of rotatable bonds is 10. The summed E-state index contributed by atoms with van der Waals surface area (Å²) in [7, 11) is -2.66. The van der Waals surface area contributed by atoms with Crippen molar-refractivity contribution in [2.75, 3.05) is 6.61 Å². The Morgan fingerprint density at radius 2 is 1.29 bits per heavy atom. The number of allylic oxidation sites excluding steroid dienone is 8. The summed E-state index contributed by atoms with van der Waals surface area (Å²) in [6, 6.07) is 32.9. The summed E-state index contributed by atoms with van der Waals surface area (Å²) in [5.74, 6) is 2.06. The predicted molar refractivity (Wildman–Crippen MR) is 167 cm³/mol. The van der Waals surface area contributed by atoms with E-state index in [-0.39, 0.29) is 56.4 Å². The Bertz CT molecular complexity index is 1280. The van der Waals surface area contributed by atoms with Crippen molar-refractivity contribution in [2.45, 2.75) is 39.0 Å². The van der Waals surface area contributed by atoms with Crippen LogP contribution >= 0.6 is 0 Å². The van der Waals surface area contributed by atoms with E-state index < -0.39 is 8.32 Å². The number of halogens is 2. The van der Waals surface area contributed by atoms with Gasteiger partial charge in [0, 0.05) is 6.61 Å². The maximum absolute atomic E-state index is 7.29. The third-order valence-corrected chi connectivity index (χ3v) is 13.7. The van der Waals surface area contributed by atoms with Gasteiger partial charge in [-0.05, 0) is 70.8 Å². The van der Waals surface area contributed by atoms with Crippen molar-refractivity contribution in [3.8, 4) is 0 Å². The molecule has 3 aromatic carbocycles. The Labute approximate surface area is 285 Å². The van der Waals surface area contributed by atoms with Crippen LogP contribution in [0.2, 0.25) is 0 Å². The molecule has 4 unspecified atom stereocenters. The molecule has 0 spiro atoms. The molecular formula is C37H40Cl2OSiZr. The fourth-order valence-electron chi connectivity index (χ4n) is 7.59. The zero-order valence-corrected chi connectivity index (χ0v) is 29.3. The first-order valence-electron chi connectivity index (χ1n) is 14.7. The Hall–Kier alpha value is -1.74. The van der Waals surface area contributed by atoms with Gasteiger partial charge in [0.2, 0.25) is 0 Å². The molecule has 6 rings (SSSR count). The fraction of sp³-hybridized carbons (Fsp3) is 0.297. The largest absolute Gasteiger partial charge is 2.00 e. The fourth-order valence-corrected chi connectivity index (χ4v) is 11.5. The predicted octanol–water partition coefficient (Wildman–Crippen LogP) is 1.12. The van der Waals surface area contributed by atoms with Gasteiger partial charge in [0.1, 0.15) is 0 Å². The van der Waals surface area contributed by atoms with E-state index in [1.165, 1.54) is 28.4 Å². The molecular weight excluding hydrogens is 651 g/mol. The van der Waals surface area contributed by atoms with E-state index in [1.807, 2.05) is 0 Å². The van der Waals surface area contributed by atoms with Crippen molar-refractivity contribution in [1.82, 2.24) is 0 Å². The second-order valence-electron chi connectivity index (χ2n) is 11.7. The van der Waals surface area contributed by atoms with E-state index in [0.717, 1.165) is 25.9 Å². The number of hydrogen-bond acceptors (Lipinski definition) is 1. The van der Waals surface area contributed by atoms with Gasteiger partial charge in [-0.15, -0.1) is 0 Å². The van der Waals surface area contributed by atoms with E-state index >= 15 is 0 Å². The molecule has 0 radical (unpaired) electrons. The zero-order valence-electron chi connectivity index (χ0n) is 24.3. The molecule has 0 bridgehead atoms. The quantitative estimate of drug-likeness (QED) is 0.176. The van der Waals surface area contributed by atoms with E-state index in [9.17, 15) is 0 Å². The van der Waals surface area contributed by atoms with Crippen LogP contribution in [0.25, 0.3) is 0 Å². The molecule has 1 saturated carbocycles. The van der Waals surface area contributed by atoms with Crippen LogP contribution in [-0.4, -0.2) is 14.9 Å². The number of fused-ring (bicyclic) bond motifs is 1. The summed E-state index contributed by atoms with van der Waals surface area (Å²) < 4.78 is 7.29. The smallest absolute Gasteiger partial charge is 1.00 e. The van der Waals surface area contributed by atoms with E-state index in [2.05, 4.69) is 140 Å². The summed E-state index contributed by atoms with van der Waals surface area (Å²) in [6.45, 7) is 3.32. The number of hydrogen-bond donors (Lipinski definition) is 0. The average Bonchev–Trinajstić information content (AvgIpc) is 3.70. The van der Waals surface area contributed by atoms with Gasteiger partial charge in [-0.25, -0.2) is 0 Å². The summed E-state index contributed by atoms with van der Waals surface area (Å²) >= 11 is 0. The minimum absolute atomic E-state index is 0. The SMILES string of the molecule is CC(CCCO[Si](c1ccccc1)(c1ccccc1)c1ccccc1)(C1=CC=CC1)C1CCC2C=CC=CC21.[Cl-].[Cl-].[Zr+2]. The molecule has 0 N–H and O–H groups in total. The maximum Gasteiger partial charge on any atom is 2.00 e. The van der Waals surface area contributed by atoms with Crippen molar-refractivity contribution < 1.29 is 55.4 Å². The molecule has 3 aliphatic rings. The van der Waals surface area contributed by atoms with Crippen molar-refractivity contribution in [3.63, 3.8) is 0 Å². The Morgan fingerprint density at radius 3 is 1.81 bits per heavy atom. The van der Waals surface area contributed by atoms with Crippen LogP contribution in [0.1, 0.15) is 39.0 Å². The topological polar surface area (TPSA) is 9.23 Å². The second kappa shape index (κ2) is 15.8. The molecule has 0 aliphatic heterocycles. The van der Waals surface area contributed by atoms with Gasteiger partial charge in [0.15, 0.2) is 0 Å². The van der Waals surface area contributed by atoms with Gasteiger partial charge < -0.3 is 29.2 Å². The van der Waals surface area contributed by atoms with E-state index in [1.54, 1.807) is 5.57 Å². The van der Waals surface area contributed by atoms with Gasteiger partial charge in [0.25, 0.3) is 8.32 Å². The van der Waals surface area contributed by atoms with Gasteiger partial charge in [0.05, 0.1) is 0 Å². The van der Waals surface area contributed by atoms with Gasteiger partial charge in [-0.2, -0.15) is 0 Å². The monoisotopic (exact) mass is 688 g/mol.